The maximum absolute atomic E-state index is 13.3. The van der Waals surface area contributed by atoms with E-state index in [0.717, 1.165) is 0 Å². The van der Waals surface area contributed by atoms with Gasteiger partial charge in [-0.2, -0.15) is 0 Å². The molecule has 0 aliphatic rings. The van der Waals surface area contributed by atoms with E-state index in [4.69, 9.17) is 9.52 Å². The van der Waals surface area contributed by atoms with Crippen LogP contribution in [0.3, 0.4) is 0 Å². The molecule has 0 unspecified atom stereocenters. The first-order valence-corrected chi connectivity index (χ1v) is 4.26. The zero-order valence-electron chi connectivity index (χ0n) is 7.40. The molecule has 0 saturated heterocycles. The number of rotatable bonds is 2. The van der Waals surface area contributed by atoms with Crippen LogP contribution in [0.4, 0.5) is 4.39 Å². The van der Waals surface area contributed by atoms with Crippen molar-refractivity contribution in [2.45, 2.75) is 6.61 Å². The fourth-order valence-electron chi connectivity index (χ4n) is 1.27. The van der Waals surface area contributed by atoms with Gasteiger partial charge in [0.25, 0.3) is 0 Å². The van der Waals surface area contributed by atoms with Gasteiger partial charge in [-0.1, -0.05) is 12.1 Å². The second-order valence-electron chi connectivity index (χ2n) is 2.90. The number of furan rings is 1. The molecule has 2 aromatic rings. The Hall–Kier alpha value is -1.61. The molecule has 1 aromatic carbocycles. The van der Waals surface area contributed by atoms with Gasteiger partial charge in [0, 0.05) is 0 Å². The number of halogens is 1. The van der Waals surface area contributed by atoms with Gasteiger partial charge in [-0.15, -0.1) is 0 Å². The largest absolute Gasteiger partial charge is 0.459 e. The van der Waals surface area contributed by atoms with E-state index in [1.165, 1.54) is 6.07 Å². The van der Waals surface area contributed by atoms with Gasteiger partial charge in [0.05, 0.1) is 5.56 Å². The highest BCUT2D eigenvalue weighted by Gasteiger charge is 2.07. The molecule has 14 heavy (non-hydrogen) atoms. The van der Waals surface area contributed by atoms with Gasteiger partial charge in [-0.3, -0.25) is 0 Å². The normalized spacial score (nSPS) is 10.4. The van der Waals surface area contributed by atoms with Crippen molar-refractivity contribution in [3.8, 4) is 11.3 Å². The van der Waals surface area contributed by atoms with Crippen molar-refractivity contribution in [1.29, 1.82) is 0 Å². The molecule has 0 saturated carbocycles. The van der Waals surface area contributed by atoms with Crippen molar-refractivity contribution in [2.24, 2.45) is 0 Å². The molecular weight excluding hydrogens is 183 g/mol. The van der Waals surface area contributed by atoms with Crippen LogP contribution in [-0.2, 0) is 6.61 Å². The Labute approximate surface area is 80.6 Å². The molecule has 0 bridgehead atoms. The summed E-state index contributed by atoms with van der Waals surface area (Å²) in [7, 11) is 0. The van der Waals surface area contributed by atoms with E-state index < -0.39 is 0 Å². The summed E-state index contributed by atoms with van der Waals surface area (Å²) in [5.41, 5.74) is 0.409. The van der Waals surface area contributed by atoms with Crippen LogP contribution in [0.5, 0.6) is 0 Å². The molecule has 0 aliphatic carbocycles. The van der Waals surface area contributed by atoms with E-state index in [-0.39, 0.29) is 12.4 Å². The molecule has 1 N–H and O–H groups in total. The zero-order chi connectivity index (χ0) is 9.97. The topological polar surface area (TPSA) is 33.4 Å². The van der Waals surface area contributed by atoms with Crippen molar-refractivity contribution in [3.05, 3.63) is 48.0 Å². The van der Waals surface area contributed by atoms with E-state index >= 15 is 0 Å². The Morgan fingerprint density at radius 2 is 1.93 bits per heavy atom. The number of aliphatic hydroxyl groups is 1. The van der Waals surface area contributed by atoms with Crippen molar-refractivity contribution in [2.75, 3.05) is 0 Å². The maximum atomic E-state index is 13.3. The van der Waals surface area contributed by atoms with Gasteiger partial charge in [0.2, 0.25) is 0 Å². The Balaban J connectivity index is 2.44. The quantitative estimate of drug-likeness (QED) is 0.793. The third kappa shape index (κ3) is 1.54. The standard InChI is InChI=1S/C11H9FO2/c12-10-4-2-1-3-9(10)11-6-5-8(7-13)14-11/h1-6,13H,7H2. The summed E-state index contributed by atoms with van der Waals surface area (Å²) in [6.07, 6.45) is 0. The lowest BCUT2D eigenvalue weighted by atomic mass is 10.1. The fourth-order valence-corrected chi connectivity index (χ4v) is 1.27. The van der Waals surface area contributed by atoms with Gasteiger partial charge in [-0.25, -0.2) is 4.39 Å². The van der Waals surface area contributed by atoms with E-state index in [1.54, 1.807) is 30.3 Å². The third-order valence-corrected chi connectivity index (χ3v) is 1.96. The first-order valence-electron chi connectivity index (χ1n) is 4.26. The molecule has 1 aromatic heterocycles. The number of hydrogen-bond acceptors (Lipinski definition) is 2. The first-order chi connectivity index (χ1) is 6.81. The minimum absolute atomic E-state index is 0.172. The third-order valence-electron chi connectivity index (χ3n) is 1.96. The van der Waals surface area contributed by atoms with Gasteiger partial charge in [0.1, 0.15) is 23.9 Å². The zero-order valence-corrected chi connectivity index (χ0v) is 7.40. The van der Waals surface area contributed by atoms with Gasteiger partial charge in [0.15, 0.2) is 0 Å². The summed E-state index contributed by atoms with van der Waals surface area (Å²) in [6.45, 7) is -0.172. The number of benzene rings is 1. The van der Waals surface area contributed by atoms with Crippen LogP contribution in [0.25, 0.3) is 11.3 Å². The van der Waals surface area contributed by atoms with Crippen molar-refractivity contribution >= 4 is 0 Å². The lowest BCUT2D eigenvalue weighted by Crippen LogP contribution is -1.80. The van der Waals surface area contributed by atoms with Crippen LogP contribution in [0.15, 0.2) is 40.8 Å². The lowest BCUT2D eigenvalue weighted by molar-refractivity contribution is 0.248. The molecule has 2 rings (SSSR count). The second kappa shape index (κ2) is 3.64. The molecule has 0 radical (unpaired) electrons. The Bertz CT molecular complexity index is 434. The second-order valence-corrected chi connectivity index (χ2v) is 2.90. The van der Waals surface area contributed by atoms with E-state index in [2.05, 4.69) is 0 Å². The summed E-state index contributed by atoms with van der Waals surface area (Å²) in [5, 5.41) is 8.78. The smallest absolute Gasteiger partial charge is 0.137 e. The number of aliphatic hydroxyl groups excluding tert-OH is 1. The van der Waals surface area contributed by atoms with Crippen LogP contribution in [0.2, 0.25) is 0 Å². The van der Waals surface area contributed by atoms with Gasteiger partial charge >= 0.3 is 0 Å². The molecule has 2 nitrogen and oxygen atoms in total. The average molecular weight is 192 g/mol. The van der Waals surface area contributed by atoms with Crippen molar-refractivity contribution < 1.29 is 13.9 Å². The monoisotopic (exact) mass is 192 g/mol. The lowest BCUT2D eigenvalue weighted by Gasteiger charge is -1.97. The molecule has 0 atom stereocenters. The van der Waals surface area contributed by atoms with Crippen LogP contribution in [-0.4, -0.2) is 5.11 Å². The molecule has 0 spiro atoms. The van der Waals surface area contributed by atoms with Crippen LogP contribution in [0, 0.1) is 5.82 Å². The highest BCUT2D eigenvalue weighted by Crippen LogP contribution is 2.24. The van der Waals surface area contributed by atoms with Crippen molar-refractivity contribution in [3.63, 3.8) is 0 Å². The summed E-state index contributed by atoms with van der Waals surface area (Å²) in [4.78, 5) is 0. The Kier molecular flexibility index (Phi) is 2.33. The van der Waals surface area contributed by atoms with Crippen molar-refractivity contribution in [1.82, 2.24) is 0 Å². The minimum atomic E-state index is -0.327. The van der Waals surface area contributed by atoms with Crippen LogP contribution < -0.4 is 0 Å². The molecule has 1 heterocycles. The van der Waals surface area contributed by atoms with E-state index in [0.29, 0.717) is 17.1 Å². The SMILES string of the molecule is OCc1ccc(-c2ccccc2F)o1. The minimum Gasteiger partial charge on any atom is -0.459 e. The summed E-state index contributed by atoms with van der Waals surface area (Å²) >= 11 is 0. The average Bonchev–Trinajstić information content (AvgIpc) is 2.67. The molecular formula is C11H9FO2. The van der Waals surface area contributed by atoms with E-state index in [9.17, 15) is 4.39 Å². The summed E-state index contributed by atoms with van der Waals surface area (Å²) in [5.74, 6) is 0.543. The predicted octanol–water partition coefficient (Wildman–Crippen LogP) is 2.58. The summed E-state index contributed by atoms with van der Waals surface area (Å²) < 4.78 is 18.5. The molecule has 72 valence electrons. The molecule has 0 aliphatic heterocycles. The summed E-state index contributed by atoms with van der Waals surface area (Å²) in [6, 6.07) is 9.63. The number of hydrogen-bond donors (Lipinski definition) is 1. The molecule has 3 heteroatoms. The highest BCUT2D eigenvalue weighted by molar-refractivity contribution is 5.58. The van der Waals surface area contributed by atoms with Crippen LogP contribution >= 0.6 is 0 Å². The van der Waals surface area contributed by atoms with E-state index in [1.807, 2.05) is 0 Å². The fraction of sp³-hybridized carbons (Fsp3) is 0.0909. The maximum Gasteiger partial charge on any atom is 0.137 e. The predicted molar refractivity (Wildman–Crippen MR) is 50.0 cm³/mol. The molecule has 0 fully saturated rings. The van der Waals surface area contributed by atoms with Crippen LogP contribution in [0.1, 0.15) is 5.76 Å². The van der Waals surface area contributed by atoms with Gasteiger partial charge in [-0.05, 0) is 24.3 Å². The van der Waals surface area contributed by atoms with Gasteiger partial charge < -0.3 is 9.52 Å². The highest BCUT2D eigenvalue weighted by atomic mass is 19.1. The first kappa shape index (κ1) is 8.97. The Morgan fingerprint density at radius 3 is 2.57 bits per heavy atom. The Morgan fingerprint density at radius 1 is 1.14 bits per heavy atom. The molecule has 0 amide bonds.